The van der Waals surface area contributed by atoms with Gasteiger partial charge >= 0.3 is 0 Å². The van der Waals surface area contributed by atoms with E-state index >= 15 is 0 Å². The van der Waals surface area contributed by atoms with Crippen LogP contribution in [-0.4, -0.2) is 40.4 Å². The lowest BCUT2D eigenvalue weighted by Gasteiger charge is -2.29. The number of ketones is 1. The molecule has 2 aromatic carbocycles. The third-order valence-corrected chi connectivity index (χ3v) is 10.8. The molecule has 0 radical (unpaired) electrons. The van der Waals surface area contributed by atoms with Crippen molar-refractivity contribution >= 4 is 28.6 Å². The van der Waals surface area contributed by atoms with Gasteiger partial charge in [0.2, 0.25) is 0 Å². The maximum atomic E-state index is 14.9. The standard InChI is InChI=1S/C34H35FN4O2S/c1-38-13-11-21(12-14-38)20-5-8-26(9-6-20)36-33-34(41)39(2)19-29(37-33)23-7-10-28(35)25(16-23)17-30(40)31-18-27-22-3-4-24(15-22)32(27)42-31/h5-10,16,18-19,21-22,24H,3-4,11-15,17H2,1-2H3,(H,36,37). The highest BCUT2D eigenvalue weighted by Crippen LogP contribution is 2.56. The zero-order chi connectivity index (χ0) is 29.0. The number of aryl methyl sites for hydroxylation is 1. The van der Waals surface area contributed by atoms with Gasteiger partial charge in [0.05, 0.1) is 10.6 Å². The number of likely N-dealkylation sites (tertiary alicyclic amines) is 1. The first-order valence-corrected chi connectivity index (χ1v) is 15.7. The smallest absolute Gasteiger partial charge is 0.293 e. The lowest BCUT2D eigenvalue weighted by molar-refractivity contribution is 0.0995. The first kappa shape index (κ1) is 27.2. The number of halogens is 1. The van der Waals surface area contributed by atoms with E-state index in [4.69, 9.17) is 0 Å². The molecule has 1 saturated heterocycles. The number of benzene rings is 2. The Morgan fingerprint density at radius 3 is 2.52 bits per heavy atom. The largest absolute Gasteiger partial charge is 0.336 e. The third-order valence-electron chi connectivity index (χ3n) is 9.44. The van der Waals surface area contributed by atoms with Crippen LogP contribution in [-0.2, 0) is 13.5 Å². The van der Waals surface area contributed by atoms with Crippen LogP contribution in [0.1, 0.15) is 81.1 Å². The quantitative estimate of drug-likeness (QED) is 0.238. The minimum atomic E-state index is -0.413. The maximum Gasteiger partial charge on any atom is 0.293 e. The minimum absolute atomic E-state index is 0.00506. The Morgan fingerprint density at radius 1 is 1.00 bits per heavy atom. The van der Waals surface area contributed by atoms with E-state index in [9.17, 15) is 14.0 Å². The fourth-order valence-corrected chi connectivity index (χ4v) is 8.30. The highest BCUT2D eigenvalue weighted by atomic mass is 32.1. The number of hydrogen-bond donors (Lipinski definition) is 1. The van der Waals surface area contributed by atoms with Crippen molar-refractivity contribution in [3.05, 3.63) is 97.3 Å². The van der Waals surface area contributed by atoms with Gasteiger partial charge in [0, 0.05) is 35.8 Å². The lowest BCUT2D eigenvalue weighted by atomic mass is 9.89. The average molecular weight is 583 g/mol. The fourth-order valence-electron chi connectivity index (χ4n) is 6.97. The SMILES string of the molecule is CN1CCC(c2ccc(Nc3nc(-c4ccc(F)c(CC(=O)c5cc6c(s5)C5CCC6C5)c4)cn(C)c3=O)cc2)CC1. The van der Waals surface area contributed by atoms with Crippen molar-refractivity contribution in [2.45, 2.75) is 56.3 Å². The second-order valence-corrected chi connectivity index (χ2v) is 13.3. The number of nitrogens with one attached hydrogen (secondary N) is 1. The molecule has 0 amide bonds. The summed E-state index contributed by atoms with van der Waals surface area (Å²) >= 11 is 1.60. The number of nitrogens with zero attached hydrogens (tertiary/aromatic N) is 3. The van der Waals surface area contributed by atoms with Gasteiger partial charge in [0.15, 0.2) is 11.6 Å². The Kier molecular flexibility index (Phi) is 7.06. The van der Waals surface area contributed by atoms with E-state index in [0.29, 0.717) is 34.6 Å². The summed E-state index contributed by atoms with van der Waals surface area (Å²) < 4.78 is 16.4. The van der Waals surface area contributed by atoms with Gasteiger partial charge in [0.1, 0.15) is 5.82 Å². The van der Waals surface area contributed by atoms with Gasteiger partial charge in [0.25, 0.3) is 5.56 Å². The minimum Gasteiger partial charge on any atom is -0.336 e. The van der Waals surface area contributed by atoms with Crippen LogP contribution in [0.25, 0.3) is 11.3 Å². The average Bonchev–Trinajstić information content (AvgIpc) is 3.72. The summed E-state index contributed by atoms with van der Waals surface area (Å²) in [6.45, 7) is 2.21. The van der Waals surface area contributed by atoms with E-state index < -0.39 is 5.82 Å². The van der Waals surface area contributed by atoms with E-state index in [0.717, 1.165) is 36.5 Å². The molecule has 2 unspecified atom stereocenters. The molecule has 216 valence electrons. The molecule has 1 N–H and O–H groups in total. The number of aromatic nitrogens is 2. The molecular weight excluding hydrogens is 547 g/mol. The molecule has 3 heterocycles. The predicted octanol–water partition coefficient (Wildman–Crippen LogP) is 6.99. The summed E-state index contributed by atoms with van der Waals surface area (Å²) in [5.74, 6) is 1.49. The first-order valence-electron chi connectivity index (χ1n) is 14.9. The van der Waals surface area contributed by atoms with E-state index in [2.05, 4.69) is 40.4 Å². The van der Waals surface area contributed by atoms with Crippen molar-refractivity contribution in [1.82, 2.24) is 14.5 Å². The molecule has 2 atom stereocenters. The van der Waals surface area contributed by atoms with E-state index in [-0.39, 0.29) is 23.6 Å². The molecule has 8 heteroatoms. The third kappa shape index (κ3) is 5.11. The van der Waals surface area contributed by atoms with Crippen molar-refractivity contribution in [1.29, 1.82) is 0 Å². The molecule has 4 aromatic rings. The molecule has 0 spiro atoms. The van der Waals surface area contributed by atoms with Crippen LogP contribution in [0.15, 0.2) is 59.5 Å². The summed E-state index contributed by atoms with van der Waals surface area (Å²) in [6, 6.07) is 15.0. The van der Waals surface area contributed by atoms with Gasteiger partial charge in [-0.3, -0.25) is 9.59 Å². The van der Waals surface area contributed by atoms with Gasteiger partial charge in [-0.25, -0.2) is 9.37 Å². The van der Waals surface area contributed by atoms with E-state index in [1.165, 1.54) is 45.9 Å². The molecule has 6 nitrogen and oxygen atoms in total. The Labute approximate surface area is 249 Å². The number of anilines is 2. The van der Waals surface area contributed by atoms with Crippen LogP contribution in [0, 0.1) is 5.82 Å². The molecule has 2 fully saturated rings. The number of carbonyl (C=O) groups excluding carboxylic acids is 1. The Hall–Kier alpha value is -3.62. The summed E-state index contributed by atoms with van der Waals surface area (Å²) in [4.78, 5) is 35.3. The van der Waals surface area contributed by atoms with Gasteiger partial charge in [-0.1, -0.05) is 12.1 Å². The van der Waals surface area contributed by atoms with Crippen molar-refractivity contribution in [2.24, 2.45) is 7.05 Å². The van der Waals surface area contributed by atoms with Crippen molar-refractivity contribution in [3.63, 3.8) is 0 Å². The van der Waals surface area contributed by atoms with Gasteiger partial charge < -0.3 is 14.8 Å². The number of hydrogen-bond acceptors (Lipinski definition) is 6. The molecule has 42 heavy (non-hydrogen) atoms. The van der Waals surface area contributed by atoms with Crippen molar-refractivity contribution < 1.29 is 9.18 Å². The molecule has 7 rings (SSSR count). The van der Waals surface area contributed by atoms with Crippen LogP contribution < -0.4 is 10.9 Å². The highest BCUT2D eigenvalue weighted by Gasteiger charge is 2.39. The van der Waals surface area contributed by atoms with Crippen LogP contribution >= 0.6 is 11.3 Å². The van der Waals surface area contributed by atoms with Gasteiger partial charge in [-0.05, 0) is 123 Å². The molecule has 1 saturated carbocycles. The highest BCUT2D eigenvalue weighted by molar-refractivity contribution is 7.14. The number of Topliss-reactive ketones (excluding diaryl/α,β-unsaturated/α-hetero) is 1. The molecular formula is C34H35FN4O2S. The van der Waals surface area contributed by atoms with E-state index in [1.807, 2.05) is 12.1 Å². The van der Waals surface area contributed by atoms with Crippen LogP contribution in [0.2, 0.25) is 0 Å². The second kappa shape index (κ2) is 10.9. The summed E-state index contributed by atoms with van der Waals surface area (Å²) in [6.07, 6.45) is 7.59. The Balaban J connectivity index is 1.10. The fraction of sp³-hybridized carbons (Fsp3) is 0.382. The predicted molar refractivity (Wildman–Crippen MR) is 166 cm³/mol. The van der Waals surface area contributed by atoms with Crippen LogP contribution in [0.4, 0.5) is 15.9 Å². The number of carbonyl (C=O) groups is 1. The second-order valence-electron chi connectivity index (χ2n) is 12.3. The number of rotatable bonds is 7. The zero-order valence-electron chi connectivity index (χ0n) is 24.0. The first-order chi connectivity index (χ1) is 20.3. The van der Waals surface area contributed by atoms with Crippen molar-refractivity contribution in [3.8, 4) is 11.3 Å². The zero-order valence-corrected chi connectivity index (χ0v) is 24.8. The van der Waals surface area contributed by atoms with Crippen LogP contribution in [0.5, 0.6) is 0 Å². The van der Waals surface area contributed by atoms with Gasteiger partial charge in [-0.15, -0.1) is 11.3 Å². The normalized spacial score (nSPS) is 20.2. The van der Waals surface area contributed by atoms with Crippen LogP contribution in [0.3, 0.4) is 0 Å². The number of piperidine rings is 1. The summed E-state index contributed by atoms with van der Waals surface area (Å²) in [7, 11) is 3.84. The molecule has 3 aliphatic rings. The summed E-state index contributed by atoms with van der Waals surface area (Å²) in [5, 5.41) is 3.19. The molecule has 2 bridgehead atoms. The summed E-state index contributed by atoms with van der Waals surface area (Å²) in [5.41, 5.74) is 4.72. The Bertz CT molecular complexity index is 1690. The number of fused-ring (bicyclic) bond motifs is 5. The van der Waals surface area contributed by atoms with Gasteiger partial charge in [-0.2, -0.15) is 0 Å². The molecule has 2 aliphatic carbocycles. The molecule has 1 aliphatic heterocycles. The molecule has 2 aromatic heterocycles. The monoisotopic (exact) mass is 582 g/mol. The number of thiophene rings is 1. The van der Waals surface area contributed by atoms with Crippen molar-refractivity contribution in [2.75, 3.05) is 25.5 Å². The lowest BCUT2D eigenvalue weighted by Crippen LogP contribution is -2.29. The topological polar surface area (TPSA) is 67.2 Å². The Morgan fingerprint density at radius 2 is 1.76 bits per heavy atom. The van der Waals surface area contributed by atoms with E-state index in [1.54, 1.807) is 36.7 Å². The maximum absolute atomic E-state index is 14.9.